The van der Waals surface area contributed by atoms with Gasteiger partial charge >= 0.3 is 0 Å². The smallest absolute Gasteiger partial charge is 0.0317 e. The maximum absolute atomic E-state index is 5.13. The third-order valence-corrected chi connectivity index (χ3v) is 1.96. The van der Waals surface area contributed by atoms with E-state index in [-0.39, 0.29) is 0 Å². The second kappa shape index (κ2) is 5.17. The highest BCUT2D eigenvalue weighted by atomic mass is 15.1. The van der Waals surface area contributed by atoms with Gasteiger partial charge in [0.15, 0.2) is 0 Å². The van der Waals surface area contributed by atoms with Crippen LogP contribution in [0.4, 0.5) is 0 Å². The van der Waals surface area contributed by atoms with Crippen LogP contribution in [0.25, 0.3) is 0 Å². The third kappa shape index (κ3) is 3.41. The summed E-state index contributed by atoms with van der Waals surface area (Å²) in [5.74, 6) is 2.64. The first-order valence-corrected chi connectivity index (χ1v) is 4.31. The lowest BCUT2D eigenvalue weighted by molar-refractivity contribution is 0.364. The Bertz CT molecular complexity index is 133. The number of rotatable bonds is 5. The average molecular weight is 152 g/mol. The molecular formula is C9H16N2. The minimum Gasteiger partial charge on any atom is -0.314 e. The Hall–Kier alpha value is -0.520. The fourth-order valence-electron chi connectivity index (χ4n) is 1.09. The summed E-state index contributed by atoms with van der Waals surface area (Å²) in [5.41, 5.74) is 0. The van der Waals surface area contributed by atoms with Gasteiger partial charge in [0.2, 0.25) is 0 Å². The molecule has 0 bridgehead atoms. The molecule has 0 radical (unpaired) electrons. The Balaban J connectivity index is 1.77. The van der Waals surface area contributed by atoms with Gasteiger partial charge in [0.05, 0.1) is 0 Å². The van der Waals surface area contributed by atoms with Crippen LogP contribution in [-0.4, -0.2) is 25.7 Å². The summed E-state index contributed by atoms with van der Waals surface area (Å²) in [6.07, 6.45) is 8.41. The van der Waals surface area contributed by atoms with Crippen molar-refractivity contribution in [1.82, 2.24) is 10.6 Å². The number of hydrogen-bond donors (Lipinski definition) is 2. The Kier molecular flexibility index (Phi) is 4.03. The molecule has 0 aromatic carbocycles. The Morgan fingerprint density at radius 2 is 2.27 bits per heavy atom. The van der Waals surface area contributed by atoms with Crippen LogP contribution in [0.2, 0.25) is 0 Å². The Morgan fingerprint density at radius 3 is 2.82 bits per heavy atom. The van der Waals surface area contributed by atoms with Crippen molar-refractivity contribution in [1.29, 1.82) is 0 Å². The lowest BCUT2D eigenvalue weighted by Crippen LogP contribution is -2.55. The van der Waals surface area contributed by atoms with Crippen molar-refractivity contribution >= 4 is 0 Å². The first-order chi connectivity index (χ1) is 5.43. The van der Waals surface area contributed by atoms with Crippen LogP contribution >= 0.6 is 0 Å². The van der Waals surface area contributed by atoms with E-state index in [0.29, 0.717) is 0 Å². The molecule has 1 fully saturated rings. The predicted octanol–water partition coefficient (Wildman–Crippen LogP) is 0.351. The van der Waals surface area contributed by atoms with Crippen LogP contribution in [-0.2, 0) is 0 Å². The Labute approximate surface area is 68.8 Å². The zero-order valence-electron chi connectivity index (χ0n) is 6.90. The van der Waals surface area contributed by atoms with Crippen molar-refractivity contribution in [2.75, 3.05) is 19.6 Å². The molecule has 0 aromatic heterocycles. The van der Waals surface area contributed by atoms with Gasteiger partial charge in [0.1, 0.15) is 0 Å². The lowest BCUT2D eigenvalue weighted by Gasteiger charge is -2.28. The highest BCUT2D eigenvalue weighted by Gasteiger charge is 2.14. The van der Waals surface area contributed by atoms with Crippen molar-refractivity contribution in [2.45, 2.75) is 25.3 Å². The van der Waals surface area contributed by atoms with Crippen molar-refractivity contribution in [3.63, 3.8) is 0 Å². The number of unbranched alkanes of at least 4 members (excludes halogenated alkanes) is 2. The SMILES string of the molecule is C#CCCCCNC1CNC1. The molecule has 11 heavy (non-hydrogen) atoms. The molecule has 2 nitrogen and oxygen atoms in total. The van der Waals surface area contributed by atoms with Crippen LogP contribution in [0.3, 0.4) is 0 Å². The number of nitrogens with one attached hydrogen (secondary N) is 2. The molecule has 1 aliphatic heterocycles. The van der Waals surface area contributed by atoms with E-state index in [4.69, 9.17) is 6.42 Å². The second-order valence-electron chi connectivity index (χ2n) is 2.97. The summed E-state index contributed by atoms with van der Waals surface area (Å²) in [6, 6.07) is 0.723. The zero-order chi connectivity index (χ0) is 7.94. The van der Waals surface area contributed by atoms with E-state index in [9.17, 15) is 0 Å². The predicted molar refractivity (Wildman–Crippen MR) is 47.3 cm³/mol. The number of hydrogen-bond acceptors (Lipinski definition) is 2. The molecule has 2 heteroatoms. The largest absolute Gasteiger partial charge is 0.314 e. The molecule has 1 rings (SSSR count). The van der Waals surface area contributed by atoms with Gasteiger partial charge in [-0.25, -0.2) is 0 Å². The molecule has 0 unspecified atom stereocenters. The topological polar surface area (TPSA) is 24.1 Å². The van der Waals surface area contributed by atoms with E-state index < -0.39 is 0 Å². The van der Waals surface area contributed by atoms with Crippen LogP contribution in [0.1, 0.15) is 19.3 Å². The molecule has 1 saturated heterocycles. The quantitative estimate of drug-likeness (QED) is 0.439. The molecule has 0 aromatic rings. The highest BCUT2D eigenvalue weighted by Crippen LogP contribution is 1.94. The van der Waals surface area contributed by atoms with Crippen LogP contribution < -0.4 is 10.6 Å². The van der Waals surface area contributed by atoms with Gasteiger partial charge in [-0.15, -0.1) is 12.3 Å². The van der Waals surface area contributed by atoms with E-state index in [1.165, 1.54) is 6.42 Å². The normalized spacial score (nSPS) is 17.4. The fourth-order valence-corrected chi connectivity index (χ4v) is 1.09. The fraction of sp³-hybridized carbons (Fsp3) is 0.778. The summed E-state index contributed by atoms with van der Waals surface area (Å²) in [4.78, 5) is 0. The molecule has 1 heterocycles. The molecule has 62 valence electrons. The molecule has 0 aliphatic carbocycles. The van der Waals surface area contributed by atoms with E-state index in [2.05, 4.69) is 16.6 Å². The molecule has 2 N–H and O–H groups in total. The standard InChI is InChI=1S/C9H16N2/c1-2-3-4-5-6-11-9-7-10-8-9/h1,9-11H,3-8H2. The third-order valence-electron chi connectivity index (χ3n) is 1.96. The van der Waals surface area contributed by atoms with Gasteiger partial charge in [0.25, 0.3) is 0 Å². The molecule has 0 spiro atoms. The van der Waals surface area contributed by atoms with Gasteiger partial charge in [-0.2, -0.15) is 0 Å². The van der Waals surface area contributed by atoms with E-state index in [1.54, 1.807) is 0 Å². The zero-order valence-corrected chi connectivity index (χ0v) is 6.90. The summed E-state index contributed by atoms with van der Waals surface area (Å²) >= 11 is 0. The maximum Gasteiger partial charge on any atom is 0.0317 e. The summed E-state index contributed by atoms with van der Waals surface area (Å²) in [7, 11) is 0. The van der Waals surface area contributed by atoms with E-state index >= 15 is 0 Å². The van der Waals surface area contributed by atoms with Gasteiger partial charge < -0.3 is 10.6 Å². The molecule has 0 amide bonds. The maximum atomic E-state index is 5.13. The summed E-state index contributed by atoms with van der Waals surface area (Å²) < 4.78 is 0. The number of terminal acetylenes is 1. The first-order valence-electron chi connectivity index (χ1n) is 4.31. The summed E-state index contributed by atoms with van der Waals surface area (Å²) in [5, 5.41) is 6.67. The van der Waals surface area contributed by atoms with Gasteiger partial charge in [-0.05, 0) is 19.4 Å². The van der Waals surface area contributed by atoms with Crippen molar-refractivity contribution in [2.24, 2.45) is 0 Å². The highest BCUT2D eigenvalue weighted by molar-refractivity contribution is 4.84. The molecular weight excluding hydrogens is 136 g/mol. The average Bonchev–Trinajstić information content (AvgIpc) is 1.93. The van der Waals surface area contributed by atoms with Gasteiger partial charge in [-0.1, -0.05) is 0 Å². The van der Waals surface area contributed by atoms with Crippen LogP contribution in [0.5, 0.6) is 0 Å². The van der Waals surface area contributed by atoms with Crippen molar-refractivity contribution < 1.29 is 0 Å². The molecule has 1 aliphatic rings. The molecule has 0 saturated carbocycles. The van der Waals surface area contributed by atoms with Gasteiger partial charge in [-0.3, -0.25) is 0 Å². The monoisotopic (exact) mass is 152 g/mol. The Morgan fingerprint density at radius 1 is 1.45 bits per heavy atom. The summed E-state index contributed by atoms with van der Waals surface area (Å²) in [6.45, 7) is 3.39. The lowest BCUT2D eigenvalue weighted by atomic mass is 10.1. The van der Waals surface area contributed by atoms with E-state index in [0.717, 1.165) is 38.5 Å². The van der Waals surface area contributed by atoms with Crippen molar-refractivity contribution in [3.8, 4) is 12.3 Å². The minimum absolute atomic E-state index is 0.723. The molecule has 0 atom stereocenters. The van der Waals surface area contributed by atoms with Crippen LogP contribution in [0, 0.1) is 12.3 Å². The van der Waals surface area contributed by atoms with Crippen LogP contribution in [0.15, 0.2) is 0 Å². The van der Waals surface area contributed by atoms with Crippen molar-refractivity contribution in [3.05, 3.63) is 0 Å². The second-order valence-corrected chi connectivity index (χ2v) is 2.97. The first kappa shape index (κ1) is 8.58. The minimum atomic E-state index is 0.723. The van der Waals surface area contributed by atoms with Gasteiger partial charge in [0, 0.05) is 25.6 Å². The van der Waals surface area contributed by atoms with E-state index in [1.807, 2.05) is 0 Å².